The Balaban J connectivity index is 2.39. The van der Waals surface area contributed by atoms with Crippen molar-refractivity contribution in [2.24, 2.45) is 0 Å². The van der Waals surface area contributed by atoms with Crippen molar-refractivity contribution in [3.63, 3.8) is 0 Å². The number of aliphatic hydroxyl groups is 4. The lowest BCUT2D eigenvalue weighted by atomic mass is 9.99. The molecule has 0 bridgehead atoms. The fraction of sp³-hybridized carbons (Fsp3) is 0.814. The van der Waals surface area contributed by atoms with Gasteiger partial charge in [-0.1, -0.05) is 134 Å². The summed E-state index contributed by atoms with van der Waals surface area (Å²) in [6, 6.07) is 0. The number of carbonyl (C=O) groups is 2. The Labute approximate surface area is 321 Å². The van der Waals surface area contributed by atoms with Gasteiger partial charge in [0.25, 0.3) is 0 Å². The first-order valence-electron chi connectivity index (χ1n) is 21.1. The van der Waals surface area contributed by atoms with Crippen LogP contribution in [0.15, 0.2) is 36.5 Å². The van der Waals surface area contributed by atoms with Gasteiger partial charge in [-0.2, -0.15) is 0 Å². The number of allylic oxidation sites excluding steroid dienone is 6. The van der Waals surface area contributed by atoms with Crippen LogP contribution in [0.25, 0.3) is 0 Å². The predicted octanol–water partition coefficient (Wildman–Crippen LogP) is 8.33. The lowest BCUT2D eigenvalue weighted by molar-refractivity contribution is -0.305. The topological polar surface area (TPSA) is 152 Å². The van der Waals surface area contributed by atoms with Gasteiger partial charge in [0.1, 0.15) is 31.0 Å². The number of aliphatic hydroxyl groups excluding tert-OH is 4. The van der Waals surface area contributed by atoms with E-state index in [4.69, 9.17) is 18.9 Å². The molecule has 0 aromatic carbocycles. The minimum Gasteiger partial charge on any atom is -0.462 e. The summed E-state index contributed by atoms with van der Waals surface area (Å²) < 4.78 is 22.0. The monoisotopic (exact) mass is 753 g/mol. The second kappa shape index (κ2) is 34.4. The predicted molar refractivity (Wildman–Crippen MR) is 210 cm³/mol. The lowest BCUT2D eigenvalue weighted by Crippen LogP contribution is -2.59. The molecule has 1 rings (SSSR count). The molecule has 0 radical (unpaired) electrons. The van der Waals surface area contributed by atoms with E-state index >= 15 is 0 Å². The van der Waals surface area contributed by atoms with E-state index < -0.39 is 55.4 Å². The van der Waals surface area contributed by atoms with Gasteiger partial charge < -0.3 is 39.4 Å². The summed E-state index contributed by atoms with van der Waals surface area (Å²) in [6.07, 6.45) is 30.2. The molecule has 4 N–H and O–H groups in total. The quantitative estimate of drug-likeness (QED) is 0.0287. The molecule has 10 nitrogen and oxygen atoms in total. The van der Waals surface area contributed by atoms with Gasteiger partial charge in [-0.05, 0) is 57.8 Å². The van der Waals surface area contributed by atoms with Crippen molar-refractivity contribution in [3.8, 4) is 0 Å². The van der Waals surface area contributed by atoms with Gasteiger partial charge in [-0.25, -0.2) is 0 Å². The second-order valence-electron chi connectivity index (χ2n) is 14.4. The third-order valence-electron chi connectivity index (χ3n) is 9.51. The molecule has 308 valence electrons. The van der Waals surface area contributed by atoms with E-state index in [1.807, 2.05) is 6.08 Å². The summed E-state index contributed by atoms with van der Waals surface area (Å²) >= 11 is 0. The van der Waals surface area contributed by atoms with E-state index in [-0.39, 0.29) is 26.1 Å². The van der Waals surface area contributed by atoms with Crippen molar-refractivity contribution in [3.05, 3.63) is 36.5 Å². The highest BCUT2D eigenvalue weighted by atomic mass is 16.7. The average molecular weight is 753 g/mol. The van der Waals surface area contributed by atoms with E-state index in [2.05, 4.69) is 44.2 Å². The van der Waals surface area contributed by atoms with Crippen LogP contribution in [0.2, 0.25) is 0 Å². The maximum Gasteiger partial charge on any atom is 0.306 e. The molecule has 0 aliphatic carbocycles. The van der Waals surface area contributed by atoms with Crippen molar-refractivity contribution in [2.75, 3.05) is 19.8 Å². The van der Waals surface area contributed by atoms with Gasteiger partial charge in [0.2, 0.25) is 0 Å². The SMILES string of the molecule is CCCCC/C=C\C/C=C\CCCCCCCC(=O)OC[C@H](CO[C@@H]1O[C@H](CO)[C@H](O)[C@H](O)[C@H]1O)OC(=O)CC/C=C\CCCCCCCCCCC. The van der Waals surface area contributed by atoms with E-state index in [1.165, 1.54) is 77.0 Å². The molecule has 1 saturated heterocycles. The summed E-state index contributed by atoms with van der Waals surface area (Å²) in [4.78, 5) is 25.2. The van der Waals surface area contributed by atoms with Gasteiger partial charge in [-0.3, -0.25) is 9.59 Å². The summed E-state index contributed by atoms with van der Waals surface area (Å²) in [5, 5.41) is 40.0. The zero-order valence-corrected chi connectivity index (χ0v) is 33.3. The van der Waals surface area contributed by atoms with Crippen LogP contribution in [0, 0.1) is 0 Å². The number of hydrogen-bond donors (Lipinski definition) is 4. The number of ether oxygens (including phenoxy) is 4. The zero-order valence-electron chi connectivity index (χ0n) is 33.3. The summed E-state index contributed by atoms with van der Waals surface area (Å²) in [6.45, 7) is 3.33. The average Bonchev–Trinajstić information content (AvgIpc) is 3.15. The van der Waals surface area contributed by atoms with Gasteiger partial charge >= 0.3 is 11.9 Å². The van der Waals surface area contributed by atoms with Gasteiger partial charge in [0.15, 0.2) is 12.4 Å². The first-order chi connectivity index (χ1) is 25.8. The molecular formula is C43H76O10. The Hall–Kier alpha value is -2.08. The molecule has 10 heteroatoms. The third kappa shape index (κ3) is 26.4. The van der Waals surface area contributed by atoms with Crippen LogP contribution in [0.5, 0.6) is 0 Å². The van der Waals surface area contributed by atoms with Crippen molar-refractivity contribution in [1.82, 2.24) is 0 Å². The number of unbranched alkanes of at least 4 members (excludes halogenated alkanes) is 17. The standard InChI is InChI=1S/C43H76O10/c1-3-5-7-9-11-13-15-17-18-20-21-23-25-27-29-31-38(45)50-34-36(35-51-43-42(49)41(48)40(47)37(33-44)53-43)52-39(46)32-30-28-26-24-22-19-16-14-12-10-8-6-4-2/h11,13,17-18,26,28,36-37,40-44,47-49H,3-10,12,14-16,19-25,27,29-35H2,1-2H3/b13-11-,18-17-,28-26-/t36-,37-,40+,41+,42-,43-/m1/s1. The molecule has 1 heterocycles. The Morgan fingerprint density at radius 2 is 1.09 bits per heavy atom. The minimum atomic E-state index is -1.60. The summed E-state index contributed by atoms with van der Waals surface area (Å²) in [7, 11) is 0. The van der Waals surface area contributed by atoms with Crippen LogP contribution in [0.1, 0.15) is 168 Å². The van der Waals surface area contributed by atoms with Crippen LogP contribution >= 0.6 is 0 Å². The molecule has 1 aliphatic heterocycles. The highest BCUT2D eigenvalue weighted by Gasteiger charge is 2.44. The zero-order chi connectivity index (χ0) is 38.8. The van der Waals surface area contributed by atoms with E-state index in [0.717, 1.165) is 51.4 Å². The third-order valence-corrected chi connectivity index (χ3v) is 9.51. The van der Waals surface area contributed by atoms with Crippen LogP contribution in [-0.2, 0) is 28.5 Å². The van der Waals surface area contributed by atoms with Crippen LogP contribution in [0.3, 0.4) is 0 Å². The molecule has 0 aromatic heterocycles. The normalized spacial score (nSPS) is 21.2. The molecule has 1 aliphatic rings. The first kappa shape index (κ1) is 48.9. The first-order valence-corrected chi connectivity index (χ1v) is 21.1. The Morgan fingerprint density at radius 3 is 1.70 bits per heavy atom. The molecule has 53 heavy (non-hydrogen) atoms. The van der Waals surface area contributed by atoms with Crippen molar-refractivity contribution >= 4 is 11.9 Å². The maximum absolute atomic E-state index is 12.7. The van der Waals surface area contributed by atoms with Crippen molar-refractivity contribution < 1.29 is 49.0 Å². The van der Waals surface area contributed by atoms with Gasteiger partial charge in [-0.15, -0.1) is 0 Å². The molecule has 0 spiro atoms. The van der Waals surface area contributed by atoms with E-state index in [0.29, 0.717) is 12.8 Å². The Kier molecular flexibility index (Phi) is 31.8. The van der Waals surface area contributed by atoms with Gasteiger partial charge in [0.05, 0.1) is 13.2 Å². The van der Waals surface area contributed by atoms with Crippen molar-refractivity contribution in [2.45, 2.75) is 205 Å². The number of hydrogen-bond acceptors (Lipinski definition) is 10. The highest BCUT2D eigenvalue weighted by molar-refractivity contribution is 5.70. The Morgan fingerprint density at radius 1 is 0.585 bits per heavy atom. The maximum atomic E-state index is 12.7. The van der Waals surface area contributed by atoms with Gasteiger partial charge in [0, 0.05) is 12.8 Å². The van der Waals surface area contributed by atoms with Crippen LogP contribution < -0.4 is 0 Å². The van der Waals surface area contributed by atoms with E-state index in [9.17, 15) is 30.0 Å². The molecule has 0 amide bonds. The largest absolute Gasteiger partial charge is 0.462 e. The van der Waals surface area contributed by atoms with Crippen molar-refractivity contribution in [1.29, 1.82) is 0 Å². The smallest absolute Gasteiger partial charge is 0.306 e. The number of esters is 2. The molecule has 0 unspecified atom stereocenters. The fourth-order valence-electron chi connectivity index (χ4n) is 6.12. The van der Waals surface area contributed by atoms with E-state index in [1.54, 1.807) is 0 Å². The lowest BCUT2D eigenvalue weighted by Gasteiger charge is -2.39. The molecule has 0 saturated carbocycles. The molecule has 0 aromatic rings. The molecular weight excluding hydrogens is 676 g/mol. The fourth-order valence-corrected chi connectivity index (χ4v) is 6.12. The Bertz CT molecular complexity index is 965. The molecule has 1 fully saturated rings. The second-order valence-corrected chi connectivity index (χ2v) is 14.4. The van der Waals surface area contributed by atoms with Crippen LogP contribution in [-0.4, -0.2) is 89.0 Å². The highest BCUT2D eigenvalue weighted by Crippen LogP contribution is 2.22. The molecule has 6 atom stereocenters. The number of carbonyl (C=O) groups excluding carboxylic acids is 2. The summed E-state index contributed by atoms with van der Waals surface area (Å²) in [5.41, 5.74) is 0. The van der Waals surface area contributed by atoms with Crippen LogP contribution in [0.4, 0.5) is 0 Å². The number of rotatable bonds is 34. The minimum absolute atomic E-state index is 0.144. The summed E-state index contributed by atoms with van der Waals surface area (Å²) in [5.74, 6) is -0.881.